The molecule has 0 bridgehead atoms. The van der Waals surface area contributed by atoms with Crippen LogP contribution < -0.4 is 14.8 Å². The molecule has 12 nitrogen and oxygen atoms in total. The van der Waals surface area contributed by atoms with E-state index in [2.05, 4.69) is 24.9 Å². The van der Waals surface area contributed by atoms with Crippen LogP contribution in [-0.2, 0) is 20.9 Å². The van der Waals surface area contributed by atoms with Gasteiger partial charge >= 0.3 is 12.2 Å². The number of hydrogen-bond acceptors (Lipinski definition) is 10. The van der Waals surface area contributed by atoms with E-state index in [4.69, 9.17) is 28.9 Å². The van der Waals surface area contributed by atoms with E-state index in [0.717, 1.165) is 61.6 Å². The molecule has 12 heteroatoms. The van der Waals surface area contributed by atoms with Gasteiger partial charge in [-0.25, -0.2) is 9.59 Å². The molecule has 2 aliphatic carbocycles. The summed E-state index contributed by atoms with van der Waals surface area (Å²) in [5.74, 6) is -1.08. The smallest absolute Gasteiger partial charge is 0.412 e. The van der Waals surface area contributed by atoms with Gasteiger partial charge in [0.1, 0.15) is 24.1 Å². The zero-order valence-electron chi connectivity index (χ0n) is 38.3. The first kappa shape index (κ1) is 49.6. The summed E-state index contributed by atoms with van der Waals surface area (Å²) in [4.78, 5) is 34.7. The number of unbranched alkanes of at least 4 members (excludes halogenated alkanes) is 11. The van der Waals surface area contributed by atoms with E-state index in [9.17, 15) is 19.8 Å². The molecule has 348 valence electrons. The number of carbonyl (C=O) groups excluding carboxylic acids is 2. The lowest BCUT2D eigenvalue weighted by Crippen LogP contribution is -2.69. The van der Waals surface area contributed by atoms with Crippen molar-refractivity contribution in [3.05, 3.63) is 84.0 Å². The van der Waals surface area contributed by atoms with Crippen LogP contribution in [0.3, 0.4) is 0 Å². The highest BCUT2D eigenvalue weighted by Gasteiger charge is 2.65. The van der Waals surface area contributed by atoms with Gasteiger partial charge in [0.25, 0.3) is 0 Å². The molecular formula is C51H75N3O9. The molecule has 0 aromatic heterocycles. The number of nitrogens with one attached hydrogen (secondary N) is 1. The van der Waals surface area contributed by atoms with E-state index in [1.165, 1.54) is 44.9 Å². The number of rotatable bonds is 28. The number of likely N-dealkylation sites (N-methyl/N-ethyl adjacent to an activating group) is 1. The van der Waals surface area contributed by atoms with Crippen LogP contribution in [0, 0.1) is 17.8 Å². The molecule has 5 rings (SSSR count). The molecule has 0 saturated heterocycles. The highest BCUT2D eigenvalue weighted by molar-refractivity contribution is 6.03. The molecule has 2 amide bonds. The number of fused-ring (bicyclic) bond motifs is 2. The summed E-state index contributed by atoms with van der Waals surface area (Å²) in [6.45, 7) is 9.47. The second kappa shape index (κ2) is 26.4. The fourth-order valence-electron chi connectivity index (χ4n) is 9.82. The van der Waals surface area contributed by atoms with Crippen molar-refractivity contribution >= 4 is 17.9 Å². The number of allylic oxidation sites excluding steroid dienone is 1. The zero-order valence-corrected chi connectivity index (χ0v) is 38.3. The molecule has 1 aliphatic heterocycles. The second-order valence-electron chi connectivity index (χ2n) is 17.3. The molecule has 1 saturated carbocycles. The van der Waals surface area contributed by atoms with Crippen LogP contribution in [0.15, 0.2) is 78.0 Å². The van der Waals surface area contributed by atoms with E-state index < -0.39 is 29.9 Å². The Hall–Kier alpha value is -4.39. The Morgan fingerprint density at radius 3 is 2.30 bits per heavy atom. The number of ether oxygens (including phenoxy) is 4. The van der Waals surface area contributed by atoms with Gasteiger partial charge in [0.05, 0.1) is 24.8 Å². The molecule has 3 aliphatic rings. The lowest BCUT2D eigenvalue weighted by Gasteiger charge is -2.59. The van der Waals surface area contributed by atoms with Crippen molar-refractivity contribution in [2.45, 2.75) is 147 Å². The highest BCUT2D eigenvalue weighted by Crippen LogP contribution is 2.61. The summed E-state index contributed by atoms with van der Waals surface area (Å²) >= 11 is 0. The molecular weight excluding hydrogens is 799 g/mol. The maximum absolute atomic E-state index is 14.1. The van der Waals surface area contributed by atoms with E-state index in [1.807, 2.05) is 49.4 Å². The molecule has 3 N–H and O–H groups in total. The van der Waals surface area contributed by atoms with Gasteiger partial charge in [-0.05, 0) is 80.2 Å². The largest absolute Gasteiger partial charge is 0.459 e. The Labute approximate surface area is 376 Å². The molecule has 2 aromatic carbocycles. The average molecular weight is 874 g/mol. The SMILES string of the molecule is C=CCOC12Oc3ccc(OC(=O)NCc4ccccc4)cc3C3C(CCCCO)C(CCCCO)C=C(C(=NOCC)CC1N(C)C(=O)OCCCCCCCCCCCC)C32. The maximum atomic E-state index is 14.1. The van der Waals surface area contributed by atoms with Crippen LogP contribution in [0.2, 0.25) is 0 Å². The van der Waals surface area contributed by atoms with Crippen LogP contribution in [0.1, 0.15) is 140 Å². The molecule has 0 radical (unpaired) electrons. The minimum Gasteiger partial charge on any atom is -0.459 e. The van der Waals surface area contributed by atoms with E-state index in [1.54, 1.807) is 24.1 Å². The molecule has 1 heterocycles. The highest BCUT2D eigenvalue weighted by atomic mass is 16.7. The lowest BCUT2D eigenvalue weighted by atomic mass is 9.55. The Balaban J connectivity index is 1.49. The Morgan fingerprint density at radius 1 is 0.921 bits per heavy atom. The van der Waals surface area contributed by atoms with Crippen LogP contribution in [0.25, 0.3) is 0 Å². The van der Waals surface area contributed by atoms with Crippen LogP contribution in [0.5, 0.6) is 11.5 Å². The summed E-state index contributed by atoms with van der Waals surface area (Å²) in [6.07, 6.45) is 19.6. The van der Waals surface area contributed by atoms with Crippen LogP contribution in [0.4, 0.5) is 9.59 Å². The molecule has 1 fully saturated rings. The number of aliphatic hydroxyl groups is 2. The fourth-order valence-corrected chi connectivity index (χ4v) is 9.82. The average Bonchev–Trinajstić information content (AvgIpc) is 3.30. The maximum Gasteiger partial charge on any atom is 0.412 e. The van der Waals surface area contributed by atoms with Crippen molar-refractivity contribution in [2.24, 2.45) is 22.9 Å². The molecule has 6 atom stereocenters. The van der Waals surface area contributed by atoms with Crippen molar-refractivity contribution in [3.8, 4) is 11.5 Å². The normalized spacial score (nSPS) is 22.8. The first-order valence-electron chi connectivity index (χ1n) is 23.9. The topological polar surface area (TPSA) is 148 Å². The molecule has 6 unspecified atom stereocenters. The van der Waals surface area contributed by atoms with Crippen molar-refractivity contribution < 1.29 is 43.6 Å². The minimum absolute atomic E-state index is 0.0289. The third-order valence-corrected chi connectivity index (χ3v) is 12.9. The second-order valence-corrected chi connectivity index (χ2v) is 17.3. The Bertz CT molecular complexity index is 1770. The predicted octanol–water partition coefficient (Wildman–Crippen LogP) is 10.6. The van der Waals surface area contributed by atoms with Gasteiger partial charge in [-0.1, -0.05) is 125 Å². The number of carbonyl (C=O) groups is 2. The van der Waals surface area contributed by atoms with E-state index in [0.29, 0.717) is 49.8 Å². The number of nitrogens with zero attached hydrogens (tertiary/aromatic N) is 2. The van der Waals surface area contributed by atoms with Crippen molar-refractivity contribution in [1.82, 2.24) is 10.2 Å². The number of benzene rings is 2. The van der Waals surface area contributed by atoms with E-state index in [-0.39, 0.29) is 44.0 Å². The summed E-state index contributed by atoms with van der Waals surface area (Å²) in [5.41, 5.74) is 3.46. The minimum atomic E-state index is -1.39. The summed E-state index contributed by atoms with van der Waals surface area (Å²) in [7, 11) is 1.75. The lowest BCUT2D eigenvalue weighted by molar-refractivity contribution is -0.253. The fraction of sp³-hybridized carbons (Fsp3) is 0.627. The summed E-state index contributed by atoms with van der Waals surface area (Å²) < 4.78 is 26.0. The standard InChI is InChI=1S/C51H75N3O9/c1-5-8-9-10-11-12-13-14-15-23-33-59-50(58)54(4)46-36-44(53-61-7-3)42-34-39(26-19-21-30-55)41(27-20-22-31-56)47-43-35-40(62-49(57)52-37-38-24-17-16-18-25-38)28-29-45(43)63-51(46,48(42)47)60-32-6-2/h6,16-18,24-25,28-29,34-35,39,41,46-48,55-56H,2,5,7-15,19-23,26-27,30-33,36-37H2,1,3-4H3,(H,52,57). The van der Waals surface area contributed by atoms with Crippen molar-refractivity contribution in [2.75, 3.05) is 40.1 Å². The number of hydrogen-bond donors (Lipinski definition) is 3. The number of oxime groups is 1. The van der Waals surface area contributed by atoms with Gasteiger partial charge in [-0.3, -0.25) is 0 Å². The summed E-state index contributed by atoms with van der Waals surface area (Å²) in [6, 6.07) is 14.4. The van der Waals surface area contributed by atoms with E-state index >= 15 is 0 Å². The zero-order chi connectivity index (χ0) is 44.9. The molecule has 63 heavy (non-hydrogen) atoms. The first-order valence-corrected chi connectivity index (χ1v) is 23.9. The van der Waals surface area contributed by atoms with Gasteiger partial charge in [0.15, 0.2) is 0 Å². The van der Waals surface area contributed by atoms with Gasteiger partial charge in [-0.15, -0.1) is 6.58 Å². The molecule has 2 aromatic rings. The van der Waals surface area contributed by atoms with Crippen molar-refractivity contribution in [1.29, 1.82) is 0 Å². The van der Waals surface area contributed by atoms with Gasteiger partial charge in [0, 0.05) is 44.7 Å². The molecule has 0 spiro atoms. The quantitative estimate of drug-likeness (QED) is 0.0432. The van der Waals surface area contributed by atoms with Crippen molar-refractivity contribution in [3.63, 3.8) is 0 Å². The van der Waals surface area contributed by atoms with Crippen LogP contribution in [-0.4, -0.2) is 84.9 Å². The number of amides is 2. The Kier molecular flexibility index (Phi) is 20.8. The predicted molar refractivity (Wildman–Crippen MR) is 247 cm³/mol. The van der Waals surface area contributed by atoms with Gasteiger partial charge < -0.3 is 44.2 Å². The van der Waals surface area contributed by atoms with Gasteiger partial charge in [0.2, 0.25) is 5.79 Å². The Morgan fingerprint density at radius 2 is 1.62 bits per heavy atom. The monoisotopic (exact) mass is 874 g/mol. The number of aliphatic hydroxyl groups excluding tert-OH is 2. The third-order valence-electron chi connectivity index (χ3n) is 12.9. The van der Waals surface area contributed by atoms with Crippen LogP contribution >= 0.6 is 0 Å². The third kappa shape index (κ3) is 13.6. The summed E-state index contributed by atoms with van der Waals surface area (Å²) in [5, 5.41) is 27.3. The first-order chi connectivity index (χ1) is 30.8. The van der Waals surface area contributed by atoms with Gasteiger partial charge in [-0.2, -0.15) is 0 Å².